The average molecular weight is 246 g/mol. The van der Waals surface area contributed by atoms with Crippen LogP contribution in [0.1, 0.15) is 23.4 Å². The molecule has 1 nitrogen and oxygen atoms in total. The van der Waals surface area contributed by atoms with Crippen LogP contribution in [0, 0.1) is 6.92 Å². The first-order valence-corrected chi connectivity index (χ1v) is 4.13. The molecular weight excluding hydrogens is 241 g/mol. The molecule has 1 aromatic heterocycles. The lowest BCUT2D eigenvalue weighted by atomic mass is 10.2. The van der Waals surface area contributed by atoms with E-state index in [1.165, 1.54) is 0 Å². The Balaban J connectivity index is 3.38. The van der Waals surface area contributed by atoms with Gasteiger partial charge in [0.2, 0.25) is 0 Å². The zero-order valence-electron chi connectivity index (χ0n) is 7.37. The first-order valence-electron chi connectivity index (χ1n) is 3.76. The van der Waals surface area contributed by atoms with Gasteiger partial charge in [-0.05, 0) is 13.0 Å². The van der Waals surface area contributed by atoms with Crippen molar-refractivity contribution in [1.82, 2.24) is 4.98 Å². The highest BCUT2D eigenvalue weighted by Crippen LogP contribution is 2.37. The summed E-state index contributed by atoms with van der Waals surface area (Å²) in [5.41, 5.74) is -2.47. The molecule has 0 spiro atoms. The van der Waals surface area contributed by atoms with Gasteiger partial charge in [-0.2, -0.15) is 13.2 Å². The van der Waals surface area contributed by atoms with Gasteiger partial charge in [-0.1, -0.05) is 11.6 Å². The van der Waals surface area contributed by atoms with Crippen molar-refractivity contribution in [3.8, 4) is 0 Å². The summed E-state index contributed by atoms with van der Waals surface area (Å²) in [6, 6.07) is 0.264. The molecule has 15 heavy (non-hydrogen) atoms. The fourth-order valence-corrected chi connectivity index (χ4v) is 1.20. The molecule has 0 bridgehead atoms. The fraction of sp³-hybridized carbons (Fsp3) is 0.375. The minimum atomic E-state index is -4.76. The standard InChI is InChI=1S/C8H5ClF5N/c1-3-6(9)4(8(12,13)14)2-5(15-3)7(10)11/h2,7H,1H3. The number of nitrogens with zero attached hydrogens (tertiary/aromatic N) is 1. The van der Waals surface area contributed by atoms with Gasteiger partial charge in [-0.15, -0.1) is 0 Å². The van der Waals surface area contributed by atoms with Crippen LogP contribution in [-0.2, 0) is 6.18 Å². The highest BCUT2D eigenvalue weighted by molar-refractivity contribution is 6.32. The largest absolute Gasteiger partial charge is 0.417 e. The molecule has 0 N–H and O–H groups in total. The van der Waals surface area contributed by atoms with Crippen LogP contribution in [0.15, 0.2) is 6.07 Å². The summed E-state index contributed by atoms with van der Waals surface area (Å²) in [5.74, 6) is 0. The second-order valence-electron chi connectivity index (χ2n) is 2.79. The van der Waals surface area contributed by atoms with E-state index in [1.807, 2.05) is 0 Å². The van der Waals surface area contributed by atoms with Gasteiger partial charge in [0, 0.05) is 0 Å². The van der Waals surface area contributed by atoms with Crippen LogP contribution in [-0.4, -0.2) is 4.98 Å². The number of alkyl halides is 5. The fourth-order valence-electron chi connectivity index (χ4n) is 0.999. The lowest BCUT2D eigenvalue weighted by Gasteiger charge is -2.12. The van der Waals surface area contributed by atoms with Crippen molar-refractivity contribution < 1.29 is 22.0 Å². The lowest BCUT2D eigenvalue weighted by molar-refractivity contribution is -0.137. The van der Waals surface area contributed by atoms with Crippen molar-refractivity contribution in [1.29, 1.82) is 0 Å². The molecule has 0 aliphatic carbocycles. The van der Waals surface area contributed by atoms with Crippen molar-refractivity contribution in [2.75, 3.05) is 0 Å². The maximum absolute atomic E-state index is 12.3. The Bertz CT molecular complexity index is 374. The molecule has 1 heterocycles. The number of aryl methyl sites for hydroxylation is 1. The maximum atomic E-state index is 12.3. The van der Waals surface area contributed by atoms with E-state index in [9.17, 15) is 22.0 Å². The van der Waals surface area contributed by atoms with Crippen LogP contribution >= 0.6 is 11.6 Å². The first kappa shape index (κ1) is 12.2. The van der Waals surface area contributed by atoms with Crippen LogP contribution in [0.25, 0.3) is 0 Å². The Morgan fingerprint density at radius 3 is 2.27 bits per heavy atom. The normalized spacial score (nSPS) is 12.3. The second-order valence-corrected chi connectivity index (χ2v) is 3.17. The van der Waals surface area contributed by atoms with E-state index in [0.717, 1.165) is 6.92 Å². The number of halogens is 6. The summed E-state index contributed by atoms with van der Waals surface area (Å²) >= 11 is 5.33. The van der Waals surface area contributed by atoms with Crippen molar-refractivity contribution in [2.24, 2.45) is 0 Å². The molecule has 1 rings (SSSR count). The predicted octanol–water partition coefficient (Wildman–Crippen LogP) is 4.00. The van der Waals surface area contributed by atoms with Gasteiger partial charge in [0.1, 0.15) is 5.69 Å². The molecule has 0 aliphatic rings. The van der Waals surface area contributed by atoms with Gasteiger partial charge in [0.15, 0.2) is 0 Å². The zero-order chi connectivity index (χ0) is 11.8. The molecule has 0 aliphatic heterocycles. The maximum Gasteiger partial charge on any atom is 0.417 e. The quantitative estimate of drug-likeness (QED) is 0.682. The van der Waals surface area contributed by atoms with Crippen molar-refractivity contribution >= 4 is 11.6 Å². The Labute approximate surface area is 86.9 Å². The molecule has 0 aromatic carbocycles. The van der Waals surface area contributed by atoms with Crippen molar-refractivity contribution in [3.05, 3.63) is 28.0 Å². The van der Waals surface area contributed by atoms with Gasteiger partial charge >= 0.3 is 6.18 Å². The highest BCUT2D eigenvalue weighted by Gasteiger charge is 2.35. The number of rotatable bonds is 1. The number of aromatic nitrogens is 1. The van der Waals surface area contributed by atoms with Crippen LogP contribution in [0.2, 0.25) is 5.02 Å². The minimum Gasteiger partial charge on any atom is -0.251 e. The van der Waals surface area contributed by atoms with Gasteiger partial charge in [-0.3, -0.25) is 4.98 Å². The van der Waals surface area contributed by atoms with Crippen molar-refractivity contribution in [3.63, 3.8) is 0 Å². The van der Waals surface area contributed by atoms with Crippen LogP contribution in [0.3, 0.4) is 0 Å². The minimum absolute atomic E-state index is 0.262. The van der Waals surface area contributed by atoms with E-state index < -0.39 is 28.9 Å². The third kappa shape index (κ3) is 2.56. The number of hydrogen-bond acceptors (Lipinski definition) is 1. The van der Waals surface area contributed by atoms with Crippen LogP contribution in [0.5, 0.6) is 0 Å². The van der Waals surface area contributed by atoms with Gasteiger partial charge in [0.05, 0.1) is 16.3 Å². The molecular formula is C8H5ClF5N. The third-order valence-corrected chi connectivity index (χ3v) is 2.15. The zero-order valence-corrected chi connectivity index (χ0v) is 8.13. The van der Waals surface area contributed by atoms with E-state index in [-0.39, 0.29) is 11.8 Å². The molecule has 0 fully saturated rings. The monoisotopic (exact) mass is 245 g/mol. The number of pyridine rings is 1. The lowest BCUT2D eigenvalue weighted by Crippen LogP contribution is -2.09. The summed E-state index contributed by atoms with van der Waals surface area (Å²) in [6.45, 7) is 1.14. The van der Waals surface area contributed by atoms with E-state index in [0.29, 0.717) is 0 Å². The molecule has 0 radical (unpaired) electrons. The number of hydrogen-bond donors (Lipinski definition) is 0. The van der Waals surface area contributed by atoms with Crippen molar-refractivity contribution in [2.45, 2.75) is 19.5 Å². The SMILES string of the molecule is Cc1nc(C(F)F)cc(C(F)(F)F)c1Cl. The summed E-state index contributed by atoms with van der Waals surface area (Å²) in [4.78, 5) is 3.26. The Hall–Kier alpha value is -0.910. The third-order valence-electron chi connectivity index (χ3n) is 1.67. The van der Waals surface area contributed by atoms with E-state index in [2.05, 4.69) is 4.98 Å². The predicted molar refractivity (Wildman–Crippen MR) is 43.9 cm³/mol. The average Bonchev–Trinajstić information content (AvgIpc) is 2.06. The smallest absolute Gasteiger partial charge is 0.251 e. The van der Waals surface area contributed by atoms with Gasteiger partial charge in [-0.25, -0.2) is 8.78 Å². The topological polar surface area (TPSA) is 12.9 Å². The van der Waals surface area contributed by atoms with Crippen LogP contribution < -0.4 is 0 Å². The van der Waals surface area contributed by atoms with Crippen LogP contribution in [0.4, 0.5) is 22.0 Å². The molecule has 0 amide bonds. The molecule has 84 valence electrons. The van der Waals surface area contributed by atoms with E-state index >= 15 is 0 Å². The summed E-state index contributed by atoms with van der Waals surface area (Å²) in [6.07, 6.45) is -7.81. The molecule has 1 aromatic rings. The Morgan fingerprint density at radius 1 is 1.33 bits per heavy atom. The van der Waals surface area contributed by atoms with E-state index in [4.69, 9.17) is 11.6 Å². The summed E-state index contributed by atoms with van der Waals surface area (Å²) < 4.78 is 61.3. The second kappa shape index (κ2) is 3.92. The van der Waals surface area contributed by atoms with Gasteiger partial charge < -0.3 is 0 Å². The van der Waals surface area contributed by atoms with E-state index in [1.54, 1.807) is 0 Å². The summed E-state index contributed by atoms with van der Waals surface area (Å²) in [5, 5.41) is -0.646. The molecule has 0 unspecified atom stereocenters. The molecule has 0 saturated heterocycles. The Morgan fingerprint density at radius 2 is 1.87 bits per heavy atom. The first-order chi connectivity index (χ1) is 6.73. The molecule has 0 atom stereocenters. The summed E-state index contributed by atoms with van der Waals surface area (Å²) in [7, 11) is 0. The molecule has 7 heteroatoms. The van der Waals surface area contributed by atoms with Gasteiger partial charge in [0.25, 0.3) is 6.43 Å². The molecule has 0 saturated carbocycles. The highest BCUT2D eigenvalue weighted by atomic mass is 35.5. The Kier molecular flexibility index (Phi) is 3.18.